The summed E-state index contributed by atoms with van der Waals surface area (Å²) >= 11 is 0. The van der Waals surface area contributed by atoms with Gasteiger partial charge in [0.1, 0.15) is 6.10 Å². The molecule has 120 valence electrons. The number of aryl methyl sites for hydroxylation is 2. The first-order valence-electron chi connectivity index (χ1n) is 8.18. The first kappa shape index (κ1) is 18.1. The van der Waals surface area contributed by atoms with E-state index in [1.807, 2.05) is 6.92 Å². The van der Waals surface area contributed by atoms with Gasteiger partial charge in [-0.2, -0.15) is 0 Å². The van der Waals surface area contributed by atoms with Crippen molar-refractivity contribution in [1.82, 2.24) is 15.3 Å². The maximum absolute atomic E-state index is 5.79. The van der Waals surface area contributed by atoms with Gasteiger partial charge < -0.3 is 10.1 Å². The van der Waals surface area contributed by atoms with Crippen LogP contribution in [-0.2, 0) is 11.2 Å². The average Bonchev–Trinajstić information content (AvgIpc) is 2.41. The van der Waals surface area contributed by atoms with Gasteiger partial charge >= 0.3 is 0 Å². The van der Waals surface area contributed by atoms with E-state index in [0.29, 0.717) is 12.6 Å². The van der Waals surface area contributed by atoms with Gasteiger partial charge in [0.2, 0.25) is 0 Å². The predicted octanol–water partition coefficient (Wildman–Crippen LogP) is 3.51. The van der Waals surface area contributed by atoms with E-state index in [-0.39, 0.29) is 6.10 Å². The summed E-state index contributed by atoms with van der Waals surface area (Å²) in [4.78, 5) is 9.41. The van der Waals surface area contributed by atoms with Crippen molar-refractivity contribution < 1.29 is 4.74 Å². The van der Waals surface area contributed by atoms with E-state index < -0.39 is 0 Å². The molecule has 0 saturated carbocycles. The number of nitrogens with one attached hydrogen (secondary N) is 1. The summed E-state index contributed by atoms with van der Waals surface area (Å²) in [6.45, 7) is 14.3. The van der Waals surface area contributed by atoms with E-state index in [1.165, 1.54) is 5.56 Å². The van der Waals surface area contributed by atoms with Gasteiger partial charge in [-0.3, -0.25) is 0 Å². The van der Waals surface area contributed by atoms with Crippen LogP contribution < -0.4 is 5.32 Å². The maximum Gasteiger partial charge on any atom is 0.157 e. The Morgan fingerprint density at radius 1 is 1.10 bits per heavy atom. The Hall–Kier alpha value is -1.00. The molecule has 1 rings (SSSR count). The third-order valence-electron chi connectivity index (χ3n) is 3.57. The highest BCUT2D eigenvalue weighted by Crippen LogP contribution is 2.22. The predicted molar refractivity (Wildman–Crippen MR) is 87.6 cm³/mol. The van der Waals surface area contributed by atoms with Crippen molar-refractivity contribution in [3.05, 3.63) is 22.8 Å². The Morgan fingerprint density at radius 3 is 2.19 bits per heavy atom. The fraction of sp³-hybridized carbons (Fsp3) is 0.765. The van der Waals surface area contributed by atoms with Crippen LogP contribution in [0.2, 0.25) is 0 Å². The van der Waals surface area contributed by atoms with Gasteiger partial charge in [-0.25, -0.2) is 9.97 Å². The third kappa shape index (κ3) is 5.71. The lowest BCUT2D eigenvalue weighted by Crippen LogP contribution is -2.25. The van der Waals surface area contributed by atoms with Crippen LogP contribution >= 0.6 is 0 Å². The molecule has 1 heterocycles. The summed E-state index contributed by atoms with van der Waals surface area (Å²) in [7, 11) is 0. The molecule has 1 aromatic heterocycles. The molecule has 1 unspecified atom stereocenters. The SMILES string of the molecule is CCCC(OCC)c1nc(C)c(CCNC(C)C)c(C)n1. The fourth-order valence-corrected chi connectivity index (χ4v) is 2.51. The fourth-order valence-electron chi connectivity index (χ4n) is 2.51. The van der Waals surface area contributed by atoms with Crippen molar-refractivity contribution in [2.24, 2.45) is 0 Å². The molecule has 1 aromatic rings. The summed E-state index contributed by atoms with van der Waals surface area (Å²) in [6.07, 6.45) is 3.05. The highest BCUT2D eigenvalue weighted by molar-refractivity contribution is 5.25. The molecule has 0 radical (unpaired) electrons. The number of rotatable bonds is 9. The molecule has 0 fully saturated rings. The molecule has 0 aromatic carbocycles. The van der Waals surface area contributed by atoms with Gasteiger partial charge in [-0.15, -0.1) is 0 Å². The topological polar surface area (TPSA) is 47.0 Å². The van der Waals surface area contributed by atoms with Crippen molar-refractivity contribution in [2.75, 3.05) is 13.2 Å². The molecule has 0 bridgehead atoms. The van der Waals surface area contributed by atoms with Crippen LogP contribution in [0.25, 0.3) is 0 Å². The van der Waals surface area contributed by atoms with Gasteiger partial charge in [0, 0.05) is 24.0 Å². The largest absolute Gasteiger partial charge is 0.371 e. The van der Waals surface area contributed by atoms with Crippen LogP contribution in [0.3, 0.4) is 0 Å². The molecule has 21 heavy (non-hydrogen) atoms. The Bertz CT molecular complexity index is 403. The van der Waals surface area contributed by atoms with Crippen LogP contribution in [0.5, 0.6) is 0 Å². The van der Waals surface area contributed by atoms with Crippen molar-refractivity contribution in [2.45, 2.75) is 73.0 Å². The normalized spacial score (nSPS) is 12.9. The lowest BCUT2D eigenvalue weighted by molar-refractivity contribution is 0.0491. The Morgan fingerprint density at radius 2 is 1.71 bits per heavy atom. The third-order valence-corrected chi connectivity index (χ3v) is 3.57. The van der Waals surface area contributed by atoms with Crippen LogP contribution in [0.15, 0.2) is 0 Å². The number of nitrogens with zero attached hydrogens (tertiary/aromatic N) is 2. The first-order valence-corrected chi connectivity index (χ1v) is 8.18. The number of hydrogen-bond acceptors (Lipinski definition) is 4. The van der Waals surface area contributed by atoms with E-state index in [9.17, 15) is 0 Å². The van der Waals surface area contributed by atoms with Crippen molar-refractivity contribution in [3.8, 4) is 0 Å². The summed E-state index contributed by atoms with van der Waals surface area (Å²) in [5.41, 5.74) is 3.44. The van der Waals surface area contributed by atoms with Crippen LogP contribution in [0.4, 0.5) is 0 Å². The first-order chi connectivity index (χ1) is 9.99. The quantitative estimate of drug-likeness (QED) is 0.757. The van der Waals surface area contributed by atoms with Crippen LogP contribution in [0, 0.1) is 13.8 Å². The lowest BCUT2D eigenvalue weighted by Gasteiger charge is -2.18. The molecular weight excluding hydrogens is 262 g/mol. The number of ether oxygens (including phenoxy) is 1. The monoisotopic (exact) mass is 293 g/mol. The smallest absolute Gasteiger partial charge is 0.157 e. The zero-order chi connectivity index (χ0) is 15.8. The molecule has 1 N–H and O–H groups in total. The molecule has 0 saturated heterocycles. The van der Waals surface area contributed by atoms with Gasteiger partial charge in [0.05, 0.1) is 0 Å². The van der Waals surface area contributed by atoms with Gasteiger partial charge in [0.15, 0.2) is 5.82 Å². The lowest BCUT2D eigenvalue weighted by atomic mass is 10.1. The van der Waals surface area contributed by atoms with E-state index in [2.05, 4.69) is 39.9 Å². The summed E-state index contributed by atoms with van der Waals surface area (Å²) < 4.78 is 5.79. The molecular formula is C17H31N3O. The van der Waals surface area contributed by atoms with E-state index in [4.69, 9.17) is 14.7 Å². The molecule has 0 amide bonds. The van der Waals surface area contributed by atoms with Crippen LogP contribution in [-0.4, -0.2) is 29.2 Å². The molecule has 0 aliphatic heterocycles. The summed E-state index contributed by atoms with van der Waals surface area (Å²) in [5.74, 6) is 0.842. The molecule has 4 heteroatoms. The Balaban J connectivity index is 2.86. The summed E-state index contributed by atoms with van der Waals surface area (Å²) in [6, 6.07) is 0.512. The highest BCUT2D eigenvalue weighted by atomic mass is 16.5. The van der Waals surface area contributed by atoms with Crippen molar-refractivity contribution >= 4 is 0 Å². The van der Waals surface area contributed by atoms with Gasteiger partial charge in [-0.05, 0) is 45.7 Å². The van der Waals surface area contributed by atoms with Crippen molar-refractivity contribution in [1.29, 1.82) is 0 Å². The zero-order valence-electron chi connectivity index (χ0n) is 14.5. The molecule has 0 aliphatic carbocycles. The minimum Gasteiger partial charge on any atom is -0.371 e. The molecule has 0 spiro atoms. The Labute approximate surface area is 129 Å². The molecule has 1 atom stereocenters. The second-order valence-corrected chi connectivity index (χ2v) is 5.82. The summed E-state index contributed by atoms with van der Waals surface area (Å²) in [5, 5.41) is 3.45. The molecule has 4 nitrogen and oxygen atoms in total. The van der Waals surface area contributed by atoms with E-state index in [1.54, 1.807) is 0 Å². The maximum atomic E-state index is 5.79. The number of aromatic nitrogens is 2. The Kier molecular flexibility index (Phi) is 7.83. The van der Waals surface area contributed by atoms with Gasteiger partial charge in [0.25, 0.3) is 0 Å². The van der Waals surface area contributed by atoms with E-state index in [0.717, 1.165) is 43.0 Å². The minimum atomic E-state index is 0.0280. The highest BCUT2D eigenvalue weighted by Gasteiger charge is 2.17. The van der Waals surface area contributed by atoms with E-state index >= 15 is 0 Å². The number of hydrogen-bond donors (Lipinski definition) is 1. The van der Waals surface area contributed by atoms with Crippen LogP contribution in [0.1, 0.15) is 69.4 Å². The standard InChI is InChI=1S/C17H31N3O/c1-7-9-16(21-8-2)17-19-13(5)15(14(6)20-17)10-11-18-12(3)4/h12,16,18H,7-11H2,1-6H3. The molecule has 0 aliphatic rings. The second kappa shape index (κ2) is 9.11. The average molecular weight is 293 g/mol. The van der Waals surface area contributed by atoms with Crippen molar-refractivity contribution in [3.63, 3.8) is 0 Å². The minimum absolute atomic E-state index is 0.0280. The zero-order valence-corrected chi connectivity index (χ0v) is 14.5. The van der Waals surface area contributed by atoms with Gasteiger partial charge in [-0.1, -0.05) is 27.2 Å². The second-order valence-electron chi connectivity index (χ2n) is 5.82.